The van der Waals surface area contributed by atoms with Crippen molar-refractivity contribution in [1.82, 2.24) is 4.98 Å². The monoisotopic (exact) mass is 336 g/mol. The molecule has 4 heteroatoms. The molecule has 1 aromatic carbocycles. The fourth-order valence-electron chi connectivity index (χ4n) is 2.64. The Bertz CT molecular complexity index is 767. The van der Waals surface area contributed by atoms with Crippen LogP contribution in [-0.2, 0) is 0 Å². The van der Waals surface area contributed by atoms with Crippen LogP contribution in [0.4, 0.5) is 5.69 Å². The minimum absolute atomic E-state index is 0.0437. The number of nitrogens with one attached hydrogen (secondary N) is 1. The fourth-order valence-corrected chi connectivity index (χ4v) is 3.32. The summed E-state index contributed by atoms with van der Waals surface area (Å²) < 4.78 is 0. The molecule has 1 N–H and O–H groups in total. The Morgan fingerprint density at radius 2 is 2.00 bits per heavy atom. The second-order valence-corrected chi connectivity index (χ2v) is 6.45. The zero-order valence-corrected chi connectivity index (χ0v) is 14.4. The quantitative estimate of drug-likeness (QED) is 0.593. The summed E-state index contributed by atoms with van der Waals surface area (Å²) in [6.45, 7) is 2.02. The van der Waals surface area contributed by atoms with Crippen molar-refractivity contribution in [2.45, 2.75) is 25.8 Å². The molecule has 2 heterocycles. The molecule has 0 saturated carbocycles. The summed E-state index contributed by atoms with van der Waals surface area (Å²) in [5.74, 6) is 0.200. The number of Topliss-reactive ketones (excluding diaryl/α,β-unsaturated/α-hetero) is 1. The maximum absolute atomic E-state index is 12.0. The van der Waals surface area contributed by atoms with Gasteiger partial charge in [-0.1, -0.05) is 13.0 Å². The van der Waals surface area contributed by atoms with E-state index in [9.17, 15) is 4.79 Å². The number of hydrogen-bond acceptors (Lipinski definition) is 4. The summed E-state index contributed by atoms with van der Waals surface area (Å²) >= 11 is 1.68. The molecule has 2 aromatic heterocycles. The minimum atomic E-state index is 0.0437. The molecule has 0 radical (unpaired) electrons. The van der Waals surface area contributed by atoms with E-state index >= 15 is 0 Å². The highest BCUT2D eigenvalue weighted by Gasteiger charge is 2.15. The van der Waals surface area contributed by atoms with Gasteiger partial charge in [0.25, 0.3) is 0 Å². The zero-order chi connectivity index (χ0) is 16.8. The number of thiophene rings is 1. The van der Waals surface area contributed by atoms with Gasteiger partial charge in [-0.25, -0.2) is 0 Å². The van der Waals surface area contributed by atoms with E-state index in [0.717, 1.165) is 23.2 Å². The molecule has 122 valence electrons. The molecular weight excluding hydrogens is 316 g/mol. The second-order valence-electron chi connectivity index (χ2n) is 5.67. The third-order valence-electron chi connectivity index (χ3n) is 3.89. The zero-order valence-electron chi connectivity index (χ0n) is 13.6. The predicted molar refractivity (Wildman–Crippen MR) is 99.7 cm³/mol. The maximum atomic E-state index is 12.0. The number of nitrogens with zero attached hydrogens (tertiary/aromatic N) is 1. The van der Waals surface area contributed by atoms with Gasteiger partial charge in [0.1, 0.15) is 0 Å². The van der Waals surface area contributed by atoms with Crippen LogP contribution in [0.1, 0.15) is 47.3 Å². The Morgan fingerprint density at radius 1 is 1.17 bits per heavy atom. The third-order valence-corrected chi connectivity index (χ3v) is 4.59. The first-order chi connectivity index (χ1) is 11.8. The number of carbonyl (C=O) groups is 1. The normalized spacial score (nSPS) is 11.9. The average Bonchev–Trinajstić information content (AvgIpc) is 3.15. The average molecular weight is 336 g/mol. The van der Waals surface area contributed by atoms with Crippen molar-refractivity contribution in [1.29, 1.82) is 0 Å². The van der Waals surface area contributed by atoms with Gasteiger partial charge >= 0.3 is 0 Å². The van der Waals surface area contributed by atoms with Gasteiger partial charge in [0, 0.05) is 30.1 Å². The highest BCUT2D eigenvalue weighted by atomic mass is 32.1. The molecule has 0 bridgehead atoms. The Labute approximate surface area is 146 Å². The van der Waals surface area contributed by atoms with E-state index < -0.39 is 0 Å². The molecule has 3 nitrogen and oxygen atoms in total. The van der Waals surface area contributed by atoms with Crippen LogP contribution in [0.25, 0.3) is 0 Å². The summed E-state index contributed by atoms with van der Waals surface area (Å²) in [4.78, 5) is 16.2. The van der Waals surface area contributed by atoms with E-state index in [-0.39, 0.29) is 11.8 Å². The van der Waals surface area contributed by atoms with Gasteiger partial charge in [-0.2, -0.15) is 11.3 Å². The topological polar surface area (TPSA) is 42.0 Å². The van der Waals surface area contributed by atoms with Gasteiger partial charge in [0.15, 0.2) is 5.78 Å². The summed E-state index contributed by atoms with van der Waals surface area (Å²) in [6, 6.07) is 13.9. The van der Waals surface area contributed by atoms with Crippen LogP contribution in [0.2, 0.25) is 0 Å². The van der Waals surface area contributed by atoms with Gasteiger partial charge in [0.2, 0.25) is 0 Å². The highest BCUT2D eigenvalue weighted by molar-refractivity contribution is 7.08. The van der Waals surface area contributed by atoms with Crippen LogP contribution in [0, 0.1) is 0 Å². The van der Waals surface area contributed by atoms with Crippen LogP contribution >= 0.6 is 11.3 Å². The molecule has 0 fully saturated rings. The summed E-state index contributed by atoms with van der Waals surface area (Å²) in [6.07, 6.45) is 5.14. The van der Waals surface area contributed by atoms with E-state index in [0.29, 0.717) is 6.42 Å². The standard InChI is InChI=1S/C20H20N2OS/c1-2-4-19(23)15-6-8-18(9-7-15)22-20(17-10-12-24-14-17)16-5-3-11-21-13-16/h3,5-14,20,22H,2,4H2,1H3. The van der Waals surface area contributed by atoms with Crippen LogP contribution in [0.5, 0.6) is 0 Å². The van der Waals surface area contributed by atoms with Crippen molar-refractivity contribution in [2.24, 2.45) is 0 Å². The lowest BCUT2D eigenvalue weighted by molar-refractivity contribution is 0.0982. The van der Waals surface area contributed by atoms with Crippen molar-refractivity contribution >= 4 is 22.8 Å². The Balaban J connectivity index is 1.82. The molecule has 0 aliphatic carbocycles. The molecule has 0 aliphatic rings. The first-order valence-electron chi connectivity index (χ1n) is 8.09. The lowest BCUT2D eigenvalue weighted by Crippen LogP contribution is -2.12. The smallest absolute Gasteiger partial charge is 0.162 e. The first-order valence-corrected chi connectivity index (χ1v) is 9.04. The van der Waals surface area contributed by atoms with Crippen molar-refractivity contribution in [3.63, 3.8) is 0 Å². The largest absolute Gasteiger partial charge is 0.374 e. The van der Waals surface area contributed by atoms with Gasteiger partial charge in [-0.05, 0) is 64.7 Å². The number of aromatic nitrogens is 1. The van der Waals surface area contributed by atoms with E-state index in [1.807, 2.05) is 43.5 Å². The fraction of sp³-hybridized carbons (Fsp3) is 0.200. The minimum Gasteiger partial charge on any atom is -0.374 e. The number of hydrogen-bond donors (Lipinski definition) is 1. The Morgan fingerprint density at radius 3 is 2.62 bits per heavy atom. The second kappa shape index (κ2) is 7.88. The van der Waals surface area contributed by atoms with Crippen molar-refractivity contribution in [3.8, 4) is 0 Å². The molecule has 0 spiro atoms. The highest BCUT2D eigenvalue weighted by Crippen LogP contribution is 2.28. The van der Waals surface area contributed by atoms with Gasteiger partial charge < -0.3 is 5.32 Å². The van der Waals surface area contributed by atoms with Crippen LogP contribution < -0.4 is 5.32 Å². The number of rotatable bonds is 7. The lowest BCUT2D eigenvalue weighted by atomic mass is 10.0. The third kappa shape index (κ3) is 3.89. The van der Waals surface area contributed by atoms with Crippen molar-refractivity contribution in [3.05, 3.63) is 82.3 Å². The van der Waals surface area contributed by atoms with Crippen LogP contribution in [0.15, 0.2) is 65.6 Å². The molecular formula is C20H20N2OS. The molecule has 0 aliphatic heterocycles. The number of pyridine rings is 1. The Kier molecular flexibility index (Phi) is 5.39. The molecule has 24 heavy (non-hydrogen) atoms. The van der Waals surface area contributed by atoms with E-state index in [2.05, 4.69) is 33.2 Å². The summed E-state index contributed by atoms with van der Waals surface area (Å²) in [7, 11) is 0. The van der Waals surface area contributed by atoms with E-state index in [1.165, 1.54) is 5.56 Å². The van der Waals surface area contributed by atoms with Crippen molar-refractivity contribution in [2.75, 3.05) is 5.32 Å². The van der Waals surface area contributed by atoms with Crippen LogP contribution in [-0.4, -0.2) is 10.8 Å². The molecule has 3 rings (SSSR count). The van der Waals surface area contributed by atoms with Gasteiger partial charge in [-0.3, -0.25) is 9.78 Å². The molecule has 0 saturated heterocycles. The predicted octanol–water partition coefficient (Wildman–Crippen LogP) is 5.33. The molecule has 3 aromatic rings. The Hall–Kier alpha value is -2.46. The van der Waals surface area contributed by atoms with E-state index in [1.54, 1.807) is 17.5 Å². The van der Waals surface area contributed by atoms with E-state index in [4.69, 9.17) is 0 Å². The van der Waals surface area contributed by atoms with Crippen LogP contribution in [0.3, 0.4) is 0 Å². The number of benzene rings is 1. The molecule has 1 unspecified atom stereocenters. The van der Waals surface area contributed by atoms with Gasteiger partial charge in [-0.15, -0.1) is 0 Å². The number of ketones is 1. The molecule has 1 atom stereocenters. The number of carbonyl (C=O) groups excluding carboxylic acids is 1. The lowest BCUT2D eigenvalue weighted by Gasteiger charge is -2.19. The van der Waals surface area contributed by atoms with Gasteiger partial charge in [0.05, 0.1) is 6.04 Å². The number of anilines is 1. The summed E-state index contributed by atoms with van der Waals surface area (Å²) in [5, 5.41) is 7.77. The first kappa shape index (κ1) is 16.4. The maximum Gasteiger partial charge on any atom is 0.162 e. The molecule has 0 amide bonds. The summed E-state index contributed by atoms with van der Waals surface area (Å²) in [5.41, 5.74) is 4.08. The SMILES string of the molecule is CCCC(=O)c1ccc(NC(c2cccnc2)c2ccsc2)cc1. The van der Waals surface area contributed by atoms with Crippen molar-refractivity contribution < 1.29 is 4.79 Å².